The highest BCUT2D eigenvalue weighted by atomic mass is 35.5. The van der Waals surface area contributed by atoms with Crippen LogP contribution in [0.4, 0.5) is 5.82 Å². The number of hydrazine groups is 1. The van der Waals surface area contributed by atoms with Crippen LogP contribution in [-0.4, -0.2) is 4.98 Å². The molecule has 0 amide bonds. The van der Waals surface area contributed by atoms with Crippen LogP contribution in [0.25, 0.3) is 0 Å². The third-order valence-corrected chi connectivity index (χ3v) is 1.07. The molecule has 0 atom stereocenters. The van der Waals surface area contributed by atoms with E-state index in [4.69, 9.17) is 17.4 Å². The minimum atomic E-state index is 0.436. The van der Waals surface area contributed by atoms with Crippen LogP contribution in [-0.2, 0) is 0 Å². The molecule has 1 aromatic rings. The predicted molar refractivity (Wildman–Crippen MR) is 37.1 cm³/mol. The summed E-state index contributed by atoms with van der Waals surface area (Å²) in [6.07, 6.45) is 0. The van der Waals surface area contributed by atoms with Gasteiger partial charge in [-0.15, -0.1) is 0 Å². The van der Waals surface area contributed by atoms with Gasteiger partial charge in [0.15, 0.2) is 0 Å². The molecule has 3 N–H and O–H groups in total. The summed E-state index contributed by atoms with van der Waals surface area (Å²) in [6, 6.07) is 5.18. The Morgan fingerprint density at radius 2 is 2.33 bits per heavy atom. The quantitative estimate of drug-likeness (QED) is 0.269. The van der Waals surface area contributed by atoms with Gasteiger partial charge in [0.1, 0.15) is 11.0 Å². The summed E-state index contributed by atoms with van der Waals surface area (Å²) in [6.45, 7) is 0. The van der Waals surface area contributed by atoms with E-state index < -0.39 is 0 Å². The van der Waals surface area contributed by atoms with Gasteiger partial charge in [-0.3, -0.25) is 0 Å². The van der Waals surface area contributed by atoms with E-state index >= 15 is 0 Å². The first-order valence-electron chi connectivity index (χ1n) is 2.42. The first kappa shape index (κ1) is 6.32. The molecule has 1 heterocycles. The van der Waals surface area contributed by atoms with Crippen molar-refractivity contribution in [1.82, 2.24) is 4.98 Å². The van der Waals surface area contributed by atoms with E-state index in [1.807, 2.05) is 0 Å². The number of rotatable bonds is 1. The number of hydrogen-bond acceptors (Lipinski definition) is 3. The second-order valence-electron chi connectivity index (χ2n) is 1.49. The van der Waals surface area contributed by atoms with Gasteiger partial charge in [-0.25, -0.2) is 10.8 Å². The lowest BCUT2D eigenvalue weighted by Crippen LogP contribution is -2.07. The van der Waals surface area contributed by atoms with Crippen molar-refractivity contribution in [2.24, 2.45) is 5.84 Å². The van der Waals surface area contributed by atoms with Gasteiger partial charge >= 0.3 is 0 Å². The number of halogens is 1. The Kier molecular flexibility index (Phi) is 1.87. The van der Waals surface area contributed by atoms with E-state index in [1.165, 1.54) is 0 Å². The van der Waals surface area contributed by atoms with Crippen molar-refractivity contribution in [3.8, 4) is 0 Å². The van der Waals surface area contributed by atoms with Crippen LogP contribution in [0.3, 0.4) is 0 Å². The highest BCUT2D eigenvalue weighted by Gasteiger charge is 1.88. The predicted octanol–water partition coefficient (Wildman–Crippen LogP) is 1.02. The number of nitrogens with one attached hydrogen (secondary N) is 1. The molecule has 0 saturated carbocycles. The fraction of sp³-hybridized carbons (Fsp3) is 0. The number of nitrogens with zero attached hydrogens (tertiary/aromatic N) is 1. The zero-order chi connectivity index (χ0) is 6.69. The molecule has 1 aromatic heterocycles. The number of hydrogen-bond donors (Lipinski definition) is 2. The van der Waals surface area contributed by atoms with Crippen molar-refractivity contribution in [3.63, 3.8) is 0 Å². The maximum Gasteiger partial charge on any atom is 0.141 e. The van der Waals surface area contributed by atoms with Gasteiger partial charge in [-0.2, -0.15) is 0 Å². The lowest BCUT2D eigenvalue weighted by atomic mass is 10.5. The van der Waals surface area contributed by atoms with Crippen LogP contribution in [0.1, 0.15) is 0 Å². The highest BCUT2D eigenvalue weighted by Crippen LogP contribution is 2.06. The Labute approximate surface area is 57.8 Å². The van der Waals surface area contributed by atoms with Crippen molar-refractivity contribution in [3.05, 3.63) is 23.4 Å². The number of anilines is 1. The Morgan fingerprint density at radius 1 is 1.56 bits per heavy atom. The largest absolute Gasteiger partial charge is 0.308 e. The van der Waals surface area contributed by atoms with Crippen LogP contribution in [0.15, 0.2) is 18.2 Å². The second kappa shape index (κ2) is 2.66. The summed E-state index contributed by atoms with van der Waals surface area (Å²) >= 11 is 5.52. The summed E-state index contributed by atoms with van der Waals surface area (Å²) in [4.78, 5) is 3.82. The van der Waals surface area contributed by atoms with Crippen molar-refractivity contribution in [2.45, 2.75) is 0 Å². The molecule has 0 aliphatic heterocycles. The highest BCUT2D eigenvalue weighted by molar-refractivity contribution is 6.29. The minimum Gasteiger partial charge on any atom is -0.308 e. The Bertz CT molecular complexity index is 201. The van der Waals surface area contributed by atoms with Gasteiger partial charge in [0.05, 0.1) is 0 Å². The fourth-order valence-electron chi connectivity index (χ4n) is 0.489. The van der Waals surface area contributed by atoms with Gasteiger partial charge < -0.3 is 5.43 Å². The maximum atomic E-state index is 5.52. The van der Waals surface area contributed by atoms with Crippen molar-refractivity contribution < 1.29 is 0 Å². The topological polar surface area (TPSA) is 50.9 Å². The van der Waals surface area contributed by atoms with E-state index in [-0.39, 0.29) is 0 Å². The van der Waals surface area contributed by atoms with E-state index in [9.17, 15) is 0 Å². The lowest BCUT2D eigenvalue weighted by molar-refractivity contribution is 1.23. The molecule has 1 rings (SSSR count). The molecule has 0 spiro atoms. The summed E-state index contributed by atoms with van der Waals surface area (Å²) in [5, 5.41) is 0.436. The van der Waals surface area contributed by atoms with Gasteiger partial charge in [-0.1, -0.05) is 17.7 Å². The third-order valence-electron chi connectivity index (χ3n) is 0.863. The lowest BCUT2D eigenvalue weighted by Gasteiger charge is -1.95. The first-order chi connectivity index (χ1) is 4.33. The van der Waals surface area contributed by atoms with Gasteiger partial charge in [-0.05, 0) is 12.1 Å². The molecule has 0 aromatic carbocycles. The minimum absolute atomic E-state index is 0.436. The van der Waals surface area contributed by atoms with Crippen LogP contribution in [0.2, 0.25) is 5.15 Å². The van der Waals surface area contributed by atoms with Crippen LogP contribution in [0, 0.1) is 0 Å². The zero-order valence-corrected chi connectivity index (χ0v) is 5.39. The molecule has 0 bridgehead atoms. The van der Waals surface area contributed by atoms with Crippen LogP contribution in [0.5, 0.6) is 0 Å². The molecule has 3 nitrogen and oxygen atoms in total. The summed E-state index contributed by atoms with van der Waals surface area (Å²) in [7, 11) is 0. The molecule has 0 aliphatic carbocycles. The molecule has 0 fully saturated rings. The summed E-state index contributed by atoms with van der Waals surface area (Å²) < 4.78 is 0. The van der Waals surface area contributed by atoms with Gasteiger partial charge in [0.2, 0.25) is 0 Å². The van der Waals surface area contributed by atoms with Crippen molar-refractivity contribution >= 4 is 17.4 Å². The van der Waals surface area contributed by atoms with E-state index in [0.29, 0.717) is 11.0 Å². The van der Waals surface area contributed by atoms with Gasteiger partial charge in [0.25, 0.3) is 0 Å². The molecule has 0 saturated heterocycles. The Balaban J connectivity index is 2.94. The summed E-state index contributed by atoms with van der Waals surface area (Å²) in [5.41, 5.74) is 2.37. The molecule has 0 radical (unpaired) electrons. The molecular formula is C5H6ClN3. The molecule has 0 aliphatic rings. The van der Waals surface area contributed by atoms with Crippen LogP contribution < -0.4 is 11.3 Å². The summed E-state index contributed by atoms with van der Waals surface area (Å²) in [5.74, 6) is 5.62. The van der Waals surface area contributed by atoms with Gasteiger partial charge in [0, 0.05) is 0 Å². The maximum absolute atomic E-state index is 5.52. The Hall–Kier alpha value is -0.800. The molecule has 48 valence electrons. The van der Waals surface area contributed by atoms with E-state index in [0.717, 1.165) is 0 Å². The number of nitrogens with two attached hydrogens (primary N) is 1. The third kappa shape index (κ3) is 1.55. The average molecular weight is 146 g/mol. The standard InChI is InChI=1S/C5H6ClN3/c6-4-2-1-3-5(8-4)9-7/h1-3H,7H2,(H,8,9)/i7+1,9+1. The first-order valence-corrected chi connectivity index (χ1v) is 2.80. The average Bonchev–Trinajstić information content (AvgIpc) is 1.88. The van der Waals surface area contributed by atoms with Crippen molar-refractivity contribution in [2.75, 3.05) is 5.43 Å². The number of pyridine rings is 1. The Morgan fingerprint density at radius 3 is 2.78 bits per heavy atom. The second-order valence-corrected chi connectivity index (χ2v) is 1.88. The molecule has 9 heavy (non-hydrogen) atoms. The van der Waals surface area contributed by atoms with E-state index in [2.05, 4.69) is 10.4 Å². The fourth-order valence-corrected chi connectivity index (χ4v) is 0.652. The monoisotopic (exact) mass is 145 g/mol. The molecular weight excluding hydrogens is 140 g/mol. The number of nitrogen functional groups attached to an aromatic ring is 1. The molecule has 0 unspecified atom stereocenters. The van der Waals surface area contributed by atoms with E-state index in [1.54, 1.807) is 18.2 Å². The normalized spacial score (nSPS) is 9.11. The van der Waals surface area contributed by atoms with Crippen LogP contribution >= 0.6 is 11.6 Å². The smallest absolute Gasteiger partial charge is 0.141 e. The zero-order valence-electron chi connectivity index (χ0n) is 4.63. The SMILES string of the molecule is [15NH2][15NH]c1cccc(Cl)n1. The molecule has 4 heteroatoms. The van der Waals surface area contributed by atoms with Crippen molar-refractivity contribution in [1.29, 1.82) is 0 Å². The number of aromatic nitrogens is 1.